The molecule has 0 fully saturated rings. The molecule has 0 bridgehead atoms. The minimum atomic E-state index is -4.66. The number of nitrogens with zero attached hydrogens (tertiary/aromatic N) is 2. The van der Waals surface area contributed by atoms with Crippen molar-refractivity contribution in [3.63, 3.8) is 0 Å². The molecule has 9 heteroatoms. The largest absolute Gasteiger partial charge is 0.407 e. The Morgan fingerprint density at radius 1 is 0.923 bits per heavy atom. The molecule has 0 aromatic heterocycles. The smallest absolute Gasteiger partial charge is 0.339 e. The van der Waals surface area contributed by atoms with Crippen molar-refractivity contribution in [1.29, 1.82) is 10.5 Å². The van der Waals surface area contributed by atoms with Crippen LogP contribution in [0.5, 0.6) is 0 Å². The fraction of sp³-hybridized carbons (Fsp3) is 0.300. The maximum absolute atomic E-state index is 14.2. The Hall–Kier alpha value is -3.66. The topological polar surface area (TPSA) is 88.7 Å². The van der Waals surface area contributed by atoms with Crippen LogP contribution in [-0.4, -0.2) is 24.2 Å². The summed E-state index contributed by atoms with van der Waals surface area (Å²) in [5.41, 5.74) is 2.79. The molecule has 3 aromatic rings. The van der Waals surface area contributed by atoms with Gasteiger partial charge < -0.3 is 5.32 Å². The van der Waals surface area contributed by atoms with Gasteiger partial charge in [-0.25, -0.2) is 0 Å². The Labute approximate surface area is 234 Å². The minimum Gasteiger partial charge on any atom is -0.339 e. The van der Waals surface area contributed by atoms with Crippen molar-refractivity contribution in [3.8, 4) is 23.3 Å². The Morgan fingerprint density at radius 2 is 1.49 bits per heavy atom. The summed E-state index contributed by atoms with van der Waals surface area (Å²) in [6, 6.07) is 19.9. The third-order valence-corrected chi connectivity index (χ3v) is 6.66. The number of carbonyl (C=O) groups is 1. The van der Waals surface area contributed by atoms with E-state index in [1.165, 1.54) is 12.1 Å². The number of halogens is 4. The van der Waals surface area contributed by atoms with Crippen LogP contribution in [-0.2, 0) is 11.2 Å². The van der Waals surface area contributed by atoms with E-state index < -0.39 is 30.2 Å². The van der Waals surface area contributed by atoms with Crippen LogP contribution in [0.1, 0.15) is 43.0 Å². The molecule has 0 unspecified atom stereocenters. The molecule has 0 aliphatic heterocycles. The Bertz CT molecular complexity index is 1330. The van der Waals surface area contributed by atoms with Gasteiger partial charge in [-0.15, -0.1) is 0 Å². The van der Waals surface area contributed by atoms with E-state index in [1.54, 1.807) is 36.4 Å². The van der Waals surface area contributed by atoms with Crippen molar-refractivity contribution in [2.24, 2.45) is 5.92 Å². The fourth-order valence-corrected chi connectivity index (χ4v) is 4.43. The molecule has 0 spiro atoms. The number of nitrogens with one attached hydrogen (secondary N) is 2. The molecule has 0 saturated heterocycles. The summed E-state index contributed by atoms with van der Waals surface area (Å²) in [7, 11) is 0. The third-order valence-electron chi connectivity index (χ3n) is 6.14. The maximum Gasteiger partial charge on any atom is 0.407 e. The molecule has 0 aliphatic carbocycles. The SMILES string of the molecule is CC(C)C[C@H](N[C@@H](c1ccc(-c2ccc(Br)cc2)cc1)C(F)(F)F)C(=O)N[C@H](C#N)Cc1ccc(C#N)cc1. The zero-order valence-corrected chi connectivity index (χ0v) is 23.1. The van der Waals surface area contributed by atoms with Crippen LogP contribution in [0.3, 0.4) is 0 Å². The number of hydrogen-bond donors (Lipinski definition) is 2. The van der Waals surface area contributed by atoms with Gasteiger partial charge in [-0.2, -0.15) is 23.7 Å². The molecule has 3 aromatic carbocycles. The highest BCUT2D eigenvalue weighted by Gasteiger charge is 2.43. The van der Waals surface area contributed by atoms with E-state index in [4.69, 9.17) is 5.26 Å². The summed E-state index contributed by atoms with van der Waals surface area (Å²) in [6.07, 6.45) is -4.36. The number of nitriles is 2. The van der Waals surface area contributed by atoms with Gasteiger partial charge in [-0.3, -0.25) is 10.1 Å². The van der Waals surface area contributed by atoms with Crippen LogP contribution in [0.4, 0.5) is 13.2 Å². The van der Waals surface area contributed by atoms with Crippen molar-refractivity contribution in [2.75, 3.05) is 0 Å². The second-order valence-corrected chi connectivity index (χ2v) is 10.6. The van der Waals surface area contributed by atoms with Crippen LogP contribution < -0.4 is 10.6 Å². The van der Waals surface area contributed by atoms with Crippen molar-refractivity contribution >= 4 is 21.8 Å². The van der Waals surface area contributed by atoms with E-state index in [0.717, 1.165) is 15.6 Å². The first kappa shape index (κ1) is 29.9. The number of carbonyl (C=O) groups excluding carboxylic acids is 1. The number of amides is 1. The third kappa shape index (κ3) is 8.68. The van der Waals surface area contributed by atoms with E-state index in [1.807, 2.05) is 50.3 Å². The fourth-order valence-electron chi connectivity index (χ4n) is 4.17. The summed E-state index contributed by atoms with van der Waals surface area (Å²) < 4.78 is 43.6. The zero-order valence-electron chi connectivity index (χ0n) is 21.5. The number of rotatable bonds is 10. The standard InChI is InChI=1S/C30H28BrF3N4O/c1-19(2)15-27(29(39)37-26(18-36)16-20-3-5-21(17-35)6-4-20)38-28(30(32,33)34)24-9-7-22(8-10-24)23-11-13-25(31)14-12-23/h3-14,19,26-28,38H,15-16H2,1-2H3,(H,37,39)/t26-,27-,28-/m0/s1. The summed E-state index contributed by atoms with van der Waals surface area (Å²) in [4.78, 5) is 13.2. The minimum absolute atomic E-state index is 0.0145. The second-order valence-electron chi connectivity index (χ2n) is 9.66. The molecule has 0 radical (unpaired) electrons. The van der Waals surface area contributed by atoms with Gasteiger partial charge in [0.15, 0.2) is 0 Å². The van der Waals surface area contributed by atoms with E-state index in [9.17, 15) is 23.2 Å². The van der Waals surface area contributed by atoms with E-state index >= 15 is 0 Å². The van der Waals surface area contributed by atoms with Crippen molar-refractivity contribution < 1.29 is 18.0 Å². The first-order chi connectivity index (χ1) is 18.5. The lowest BCUT2D eigenvalue weighted by Crippen LogP contribution is -2.51. The predicted octanol–water partition coefficient (Wildman–Crippen LogP) is 6.85. The first-order valence-electron chi connectivity index (χ1n) is 12.4. The first-order valence-corrected chi connectivity index (χ1v) is 13.2. The van der Waals surface area contributed by atoms with Gasteiger partial charge in [0.05, 0.1) is 23.7 Å². The quantitative estimate of drug-likeness (QED) is 0.268. The number of benzene rings is 3. The lowest BCUT2D eigenvalue weighted by Gasteiger charge is -2.29. The van der Waals surface area contributed by atoms with Crippen molar-refractivity contribution in [3.05, 3.63) is 94.0 Å². The van der Waals surface area contributed by atoms with Gasteiger partial charge in [-0.1, -0.05) is 78.3 Å². The summed E-state index contributed by atoms with van der Waals surface area (Å²) in [5.74, 6) is -0.759. The second kappa shape index (κ2) is 13.4. The average molecular weight is 597 g/mol. The van der Waals surface area contributed by atoms with Gasteiger partial charge in [0, 0.05) is 10.9 Å². The Balaban J connectivity index is 1.79. The number of alkyl halides is 3. The van der Waals surface area contributed by atoms with Crippen LogP contribution in [0.25, 0.3) is 11.1 Å². The Kier molecular flexibility index (Phi) is 10.3. The lowest BCUT2D eigenvalue weighted by atomic mass is 9.97. The van der Waals surface area contributed by atoms with Crippen LogP contribution in [0, 0.1) is 28.6 Å². The molecule has 2 N–H and O–H groups in total. The van der Waals surface area contributed by atoms with Gasteiger partial charge in [-0.05, 0) is 58.9 Å². The van der Waals surface area contributed by atoms with Crippen LogP contribution in [0.2, 0.25) is 0 Å². The molecule has 1 amide bonds. The highest BCUT2D eigenvalue weighted by Crippen LogP contribution is 2.35. The van der Waals surface area contributed by atoms with E-state index in [-0.39, 0.29) is 24.3 Å². The molecular formula is C30H28BrF3N4O. The van der Waals surface area contributed by atoms with E-state index in [0.29, 0.717) is 11.1 Å². The summed E-state index contributed by atoms with van der Waals surface area (Å²) >= 11 is 3.37. The highest BCUT2D eigenvalue weighted by molar-refractivity contribution is 9.10. The molecule has 5 nitrogen and oxygen atoms in total. The van der Waals surface area contributed by atoms with Crippen molar-refractivity contribution in [1.82, 2.24) is 10.6 Å². The number of hydrogen-bond acceptors (Lipinski definition) is 4. The molecule has 0 saturated carbocycles. The average Bonchev–Trinajstić information content (AvgIpc) is 2.90. The van der Waals surface area contributed by atoms with Crippen LogP contribution >= 0.6 is 15.9 Å². The van der Waals surface area contributed by atoms with Crippen LogP contribution in [0.15, 0.2) is 77.3 Å². The molecule has 202 valence electrons. The highest BCUT2D eigenvalue weighted by atomic mass is 79.9. The Morgan fingerprint density at radius 3 is 1.97 bits per heavy atom. The van der Waals surface area contributed by atoms with Gasteiger partial charge in [0.25, 0.3) is 0 Å². The molecule has 3 rings (SSSR count). The van der Waals surface area contributed by atoms with Crippen molar-refractivity contribution in [2.45, 2.75) is 51.0 Å². The normalized spacial score (nSPS) is 13.7. The molecule has 3 atom stereocenters. The maximum atomic E-state index is 14.2. The van der Waals surface area contributed by atoms with E-state index in [2.05, 4.69) is 26.6 Å². The summed E-state index contributed by atoms with van der Waals surface area (Å²) in [6.45, 7) is 3.63. The van der Waals surface area contributed by atoms with Gasteiger partial charge in [0.2, 0.25) is 5.91 Å². The molecular weight excluding hydrogens is 569 g/mol. The molecule has 0 heterocycles. The van der Waals surface area contributed by atoms with Gasteiger partial charge in [0.1, 0.15) is 12.1 Å². The molecule has 0 aliphatic rings. The van der Waals surface area contributed by atoms with Gasteiger partial charge >= 0.3 is 6.18 Å². The summed E-state index contributed by atoms with van der Waals surface area (Å²) in [5, 5.41) is 23.7. The molecule has 39 heavy (non-hydrogen) atoms. The zero-order chi connectivity index (χ0) is 28.6. The monoisotopic (exact) mass is 596 g/mol. The predicted molar refractivity (Wildman–Crippen MR) is 147 cm³/mol. The lowest BCUT2D eigenvalue weighted by molar-refractivity contribution is -0.161.